The lowest BCUT2D eigenvalue weighted by Crippen LogP contribution is -2.06. The van der Waals surface area contributed by atoms with Gasteiger partial charge in [-0.25, -0.2) is 4.98 Å². The van der Waals surface area contributed by atoms with Crippen LogP contribution in [0.25, 0.3) is 11.1 Å². The molecule has 1 heterocycles. The van der Waals surface area contributed by atoms with Gasteiger partial charge in [0.2, 0.25) is 0 Å². The Morgan fingerprint density at radius 2 is 1.73 bits per heavy atom. The Morgan fingerprint density at radius 3 is 2.45 bits per heavy atom. The number of anilines is 1. The molecular weight excluding hydrogens is 292 g/mol. The topological polar surface area (TPSA) is 34.1 Å². The normalized spacial score (nSPS) is 10.4. The SMILES string of the molecule is c1ccc(-c2ccc(OCCCNc3nccs3)cc2)cc1. The number of nitrogens with zero attached hydrogens (tertiary/aromatic N) is 1. The highest BCUT2D eigenvalue weighted by atomic mass is 32.1. The number of nitrogens with one attached hydrogen (secondary N) is 1. The zero-order chi connectivity index (χ0) is 15.0. The van der Waals surface area contributed by atoms with Crippen LogP contribution in [0, 0.1) is 0 Å². The summed E-state index contributed by atoms with van der Waals surface area (Å²) in [6.07, 6.45) is 2.75. The van der Waals surface area contributed by atoms with E-state index >= 15 is 0 Å². The predicted molar refractivity (Wildman–Crippen MR) is 92.6 cm³/mol. The van der Waals surface area contributed by atoms with Crippen LogP contribution in [0.5, 0.6) is 5.75 Å². The summed E-state index contributed by atoms with van der Waals surface area (Å²) in [5.74, 6) is 0.911. The zero-order valence-electron chi connectivity index (χ0n) is 12.2. The molecule has 3 rings (SSSR count). The van der Waals surface area contributed by atoms with E-state index in [2.05, 4.69) is 46.7 Å². The van der Waals surface area contributed by atoms with E-state index in [4.69, 9.17) is 4.74 Å². The van der Waals surface area contributed by atoms with Crippen LogP contribution in [0.2, 0.25) is 0 Å². The van der Waals surface area contributed by atoms with Crippen molar-refractivity contribution in [2.24, 2.45) is 0 Å². The third-order valence-corrected chi connectivity index (χ3v) is 3.99. The van der Waals surface area contributed by atoms with Crippen molar-refractivity contribution in [1.29, 1.82) is 0 Å². The van der Waals surface area contributed by atoms with Crippen molar-refractivity contribution < 1.29 is 4.74 Å². The molecule has 0 spiro atoms. The average molecular weight is 310 g/mol. The Morgan fingerprint density at radius 1 is 0.955 bits per heavy atom. The third-order valence-electron chi connectivity index (χ3n) is 3.26. The van der Waals surface area contributed by atoms with E-state index in [1.807, 2.05) is 23.6 Å². The summed E-state index contributed by atoms with van der Waals surface area (Å²) in [6, 6.07) is 18.6. The standard InChI is InChI=1S/C18H18N2OS/c1-2-5-15(6-3-1)16-7-9-17(10-8-16)21-13-4-11-19-18-20-12-14-22-18/h1-3,5-10,12,14H,4,11,13H2,(H,19,20). The molecule has 0 aliphatic heterocycles. The Labute approximate surface area is 134 Å². The van der Waals surface area contributed by atoms with Crippen LogP contribution < -0.4 is 10.1 Å². The van der Waals surface area contributed by atoms with Crippen LogP contribution in [0.4, 0.5) is 5.13 Å². The first-order valence-corrected chi connectivity index (χ1v) is 8.21. The summed E-state index contributed by atoms with van der Waals surface area (Å²) in [5, 5.41) is 6.20. The van der Waals surface area contributed by atoms with Crippen molar-refractivity contribution in [2.75, 3.05) is 18.5 Å². The quantitative estimate of drug-likeness (QED) is 0.643. The van der Waals surface area contributed by atoms with Gasteiger partial charge in [0.15, 0.2) is 5.13 Å². The summed E-state index contributed by atoms with van der Waals surface area (Å²) in [4.78, 5) is 4.18. The minimum Gasteiger partial charge on any atom is -0.494 e. The minimum absolute atomic E-state index is 0.697. The molecule has 22 heavy (non-hydrogen) atoms. The van der Waals surface area contributed by atoms with Gasteiger partial charge in [-0.1, -0.05) is 42.5 Å². The molecule has 1 N–H and O–H groups in total. The molecule has 2 aromatic carbocycles. The summed E-state index contributed by atoms with van der Waals surface area (Å²) in [5.41, 5.74) is 2.43. The van der Waals surface area contributed by atoms with Crippen LogP contribution >= 0.6 is 11.3 Å². The molecule has 0 saturated carbocycles. The van der Waals surface area contributed by atoms with E-state index in [0.717, 1.165) is 23.8 Å². The summed E-state index contributed by atoms with van der Waals surface area (Å²) < 4.78 is 5.76. The first kappa shape index (κ1) is 14.6. The summed E-state index contributed by atoms with van der Waals surface area (Å²) >= 11 is 1.61. The maximum Gasteiger partial charge on any atom is 0.182 e. The second-order valence-electron chi connectivity index (χ2n) is 4.86. The van der Waals surface area contributed by atoms with Gasteiger partial charge in [-0.3, -0.25) is 0 Å². The monoisotopic (exact) mass is 310 g/mol. The van der Waals surface area contributed by atoms with Gasteiger partial charge >= 0.3 is 0 Å². The number of hydrogen-bond donors (Lipinski definition) is 1. The van der Waals surface area contributed by atoms with E-state index in [9.17, 15) is 0 Å². The van der Waals surface area contributed by atoms with Gasteiger partial charge in [0.25, 0.3) is 0 Å². The molecule has 1 aromatic heterocycles. The molecule has 0 fully saturated rings. The van der Waals surface area contributed by atoms with Crippen LogP contribution in [0.3, 0.4) is 0 Å². The first-order valence-electron chi connectivity index (χ1n) is 7.33. The number of aromatic nitrogens is 1. The lowest BCUT2D eigenvalue weighted by molar-refractivity contribution is 0.315. The summed E-state index contributed by atoms with van der Waals surface area (Å²) in [6.45, 7) is 1.57. The van der Waals surface area contributed by atoms with E-state index < -0.39 is 0 Å². The largest absolute Gasteiger partial charge is 0.494 e. The van der Waals surface area contributed by atoms with Crippen molar-refractivity contribution in [3.05, 3.63) is 66.2 Å². The van der Waals surface area contributed by atoms with Crippen LogP contribution in [-0.2, 0) is 0 Å². The van der Waals surface area contributed by atoms with Gasteiger partial charge in [0, 0.05) is 18.1 Å². The fraction of sp³-hybridized carbons (Fsp3) is 0.167. The van der Waals surface area contributed by atoms with Crippen LogP contribution in [-0.4, -0.2) is 18.1 Å². The van der Waals surface area contributed by atoms with Gasteiger partial charge in [-0.2, -0.15) is 0 Å². The molecular formula is C18H18N2OS. The van der Waals surface area contributed by atoms with Crippen LogP contribution in [0.15, 0.2) is 66.2 Å². The average Bonchev–Trinajstić information content (AvgIpc) is 3.09. The fourth-order valence-electron chi connectivity index (χ4n) is 2.14. The zero-order valence-corrected chi connectivity index (χ0v) is 13.1. The molecule has 4 heteroatoms. The van der Waals surface area contributed by atoms with Gasteiger partial charge in [-0.15, -0.1) is 11.3 Å². The Kier molecular flexibility index (Phi) is 5.05. The number of thiazole rings is 1. The van der Waals surface area contributed by atoms with Crippen molar-refractivity contribution in [3.8, 4) is 16.9 Å². The third kappa shape index (κ3) is 4.09. The van der Waals surface area contributed by atoms with Crippen molar-refractivity contribution in [3.63, 3.8) is 0 Å². The smallest absolute Gasteiger partial charge is 0.182 e. The van der Waals surface area contributed by atoms with E-state index in [0.29, 0.717) is 6.61 Å². The fourth-order valence-corrected chi connectivity index (χ4v) is 2.70. The molecule has 0 unspecified atom stereocenters. The van der Waals surface area contributed by atoms with E-state index in [1.165, 1.54) is 11.1 Å². The highest BCUT2D eigenvalue weighted by Gasteiger charge is 1.98. The van der Waals surface area contributed by atoms with Crippen molar-refractivity contribution >= 4 is 16.5 Å². The van der Waals surface area contributed by atoms with Crippen LogP contribution in [0.1, 0.15) is 6.42 Å². The van der Waals surface area contributed by atoms with Gasteiger partial charge in [0.05, 0.1) is 6.61 Å². The maximum absolute atomic E-state index is 5.76. The Balaban J connectivity index is 1.43. The van der Waals surface area contributed by atoms with E-state index in [-0.39, 0.29) is 0 Å². The molecule has 3 nitrogen and oxygen atoms in total. The second kappa shape index (κ2) is 7.61. The molecule has 3 aromatic rings. The molecule has 0 atom stereocenters. The summed E-state index contributed by atoms with van der Waals surface area (Å²) in [7, 11) is 0. The van der Waals surface area contributed by atoms with Gasteiger partial charge in [-0.05, 0) is 29.7 Å². The maximum atomic E-state index is 5.76. The lowest BCUT2D eigenvalue weighted by atomic mass is 10.1. The van der Waals surface area contributed by atoms with Gasteiger partial charge < -0.3 is 10.1 Å². The van der Waals surface area contributed by atoms with Crippen molar-refractivity contribution in [2.45, 2.75) is 6.42 Å². The lowest BCUT2D eigenvalue weighted by Gasteiger charge is -2.08. The number of rotatable bonds is 7. The highest BCUT2D eigenvalue weighted by Crippen LogP contribution is 2.22. The molecule has 0 bridgehead atoms. The number of benzene rings is 2. The molecule has 0 aliphatic rings. The molecule has 112 valence electrons. The van der Waals surface area contributed by atoms with Crippen molar-refractivity contribution in [1.82, 2.24) is 4.98 Å². The number of ether oxygens (including phenoxy) is 1. The first-order chi connectivity index (χ1) is 10.9. The Bertz CT molecular complexity index is 666. The molecule has 0 saturated heterocycles. The van der Waals surface area contributed by atoms with Gasteiger partial charge in [0.1, 0.15) is 5.75 Å². The molecule has 0 radical (unpaired) electrons. The highest BCUT2D eigenvalue weighted by molar-refractivity contribution is 7.13. The molecule has 0 amide bonds. The Hall–Kier alpha value is -2.33. The second-order valence-corrected chi connectivity index (χ2v) is 5.75. The predicted octanol–water partition coefficient (Wildman–Crippen LogP) is 4.69. The molecule has 0 aliphatic carbocycles. The van der Waals surface area contributed by atoms with E-state index in [1.54, 1.807) is 17.5 Å². The number of hydrogen-bond acceptors (Lipinski definition) is 4. The minimum atomic E-state index is 0.697.